The van der Waals surface area contributed by atoms with Gasteiger partial charge in [0.2, 0.25) is 11.8 Å². The van der Waals surface area contributed by atoms with Crippen LogP contribution in [0.3, 0.4) is 0 Å². The number of rotatable bonds is 5. The molecule has 0 radical (unpaired) electrons. The Balaban J connectivity index is 1.57. The van der Waals surface area contributed by atoms with Crippen molar-refractivity contribution >= 4 is 34.4 Å². The van der Waals surface area contributed by atoms with Crippen LogP contribution in [-0.4, -0.2) is 22.2 Å². The summed E-state index contributed by atoms with van der Waals surface area (Å²) in [6, 6.07) is 15.7. The molecule has 0 aliphatic carbocycles. The highest BCUT2D eigenvalue weighted by atomic mass is 32.2. The third-order valence-electron chi connectivity index (χ3n) is 4.06. The van der Waals surface area contributed by atoms with E-state index in [0.717, 1.165) is 22.4 Å². The molecule has 3 rings (SSSR count). The van der Waals surface area contributed by atoms with Gasteiger partial charge in [-0.15, -0.1) is 0 Å². The molecule has 1 saturated heterocycles. The zero-order chi connectivity index (χ0) is 18.5. The van der Waals surface area contributed by atoms with Crippen molar-refractivity contribution in [1.29, 1.82) is 0 Å². The Kier molecular flexibility index (Phi) is 5.73. The molecule has 0 bridgehead atoms. The molecule has 134 valence electrons. The molecule has 1 atom stereocenters. The van der Waals surface area contributed by atoms with Crippen molar-refractivity contribution in [2.24, 2.45) is 4.99 Å². The predicted octanol–water partition coefficient (Wildman–Crippen LogP) is 3.42. The van der Waals surface area contributed by atoms with Crippen LogP contribution in [0.4, 0.5) is 5.69 Å². The second-order valence-electron chi connectivity index (χ2n) is 6.27. The minimum absolute atomic E-state index is 0.119. The average Bonchev–Trinajstić information content (AvgIpc) is 2.97. The van der Waals surface area contributed by atoms with Crippen LogP contribution in [0, 0.1) is 13.8 Å². The van der Waals surface area contributed by atoms with Crippen LogP contribution in [0.5, 0.6) is 0 Å². The number of amidine groups is 1. The fourth-order valence-corrected chi connectivity index (χ4v) is 3.57. The first-order chi connectivity index (χ1) is 12.5. The summed E-state index contributed by atoms with van der Waals surface area (Å²) in [6.45, 7) is 4.43. The van der Waals surface area contributed by atoms with Crippen LogP contribution in [-0.2, 0) is 16.1 Å². The SMILES string of the molecule is Cc1ccc(C)c(NC(=O)C[C@@H]2SC(=NCc3ccccc3)NC2=O)c1. The third kappa shape index (κ3) is 4.73. The number of nitrogens with one attached hydrogen (secondary N) is 2. The Morgan fingerprint density at radius 1 is 1.19 bits per heavy atom. The zero-order valence-electron chi connectivity index (χ0n) is 14.8. The van der Waals surface area contributed by atoms with Gasteiger partial charge >= 0.3 is 0 Å². The molecule has 26 heavy (non-hydrogen) atoms. The first kappa shape index (κ1) is 18.2. The van der Waals surface area contributed by atoms with Crippen LogP contribution >= 0.6 is 11.8 Å². The number of aliphatic imine (C=N–C) groups is 1. The van der Waals surface area contributed by atoms with Gasteiger partial charge in [-0.05, 0) is 36.6 Å². The second kappa shape index (κ2) is 8.19. The van der Waals surface area contributed by atoms with E-state index in [-0.39, 0.29) is 18.2 Å². The maximum atomic E-state index is 12.3. The maximum absolute atomic E-state index is 12.3. The molecule has 2 amide bonds. The molecule has 1 fully saturated rings. The topological polar surface area (TPSA) is 70.6 Å². The smallest absolute Gasteiger partial charge is 0.240 e. The van der Waals surface area contributed by atoms with E-state index in [0.29, 0.717) is 11.7 Å². The van der Waals surface area contributed by atoms with E-state index in [4.69, 9.17) is 0 Å². The predicted molar refractivity (Wildman–Crippen MR) is 106 cm³/mol. The molecule has 6 heteroatoms. The summed E-state index contributed by atoms with van der Waals surface area (Å²) < 4.78 is 0. The van der Waals surface area contributed by atoms with Gasteiger partial charge in [0, 0.05) is 12.1 Å². The number of carbonyl (C=O) groups is 2. The molecule has 0 aromatic heterocycles. The van der Waals surface area contributed by atoms with Crippen LogP contribution in [0.2, 0.25) is 0 Å². The number of amides is 2. The molecule has 0 spiro atoms. The van der Waals surface area contributed by atoms with E-state index >= 15 is 0 Å². The van der Waals surface area contributed by atoms with Gasteiger partial charge in [0.05, 0.1) is 6.54 Å². The normalized spacial score (nSPS) is 18.0. The fourth-order valence-electron chi connectivity index (χ4n) is 2.60. The highest BCUT2D eigenvalue weighted by Gasteiger charge is 2.32. The van der Waals surface area contributed by atoms with Gasteiger partial charge in [0.25, 0.3) is 0 Å². The summed E-state index contributed by atoms with van der Waals surface area (Å²) in [5.41, 5.74) is 3.94. The molecule has 0 saturated carbocycles. The Morgan fingerprint density at radius 2 is 1.96 bits per heavy atom. The average molecular weight is 367 g/mol. The summed E-state index contributed by atoms with van der Waals surface area (Å²) >= 11 is 1.31. The van der Waals surface area contributed by atoms with Crippen molar-refractivity contribution in [2.75, 3.05) is 5.32 Å². The van der Waals surface area contributed by atoms with Gasteiger partial charge in [-0.2, -0.15) is 0 Å². The maximum Gasteiger partial charge on any atom is 0.240 e. The van der Waals surface area contributed by atoms with E-state index < -0.39 is 5.25 Å². The van der Waals surface area contributed by atoms with Crippen molar-refractivity contribution in [2.45, 2.75) is 32.1 Å². The number of carbonyl (C=O) groups excluding carboxylic acids is 2. The molecule has 1 aliphatic rings. The van der Waals surface area contributed by atoms with E-state index in [9.17, 15) is 9.59 Å². The van der Waals surface area contributed by atoms with Gasteiger partial charge in [-0.3, -0.25) is 14.6 Å². The lowest BCUT2D eigenvalue weighted by atomic mass is 10.1. The summed E-state index contributed by atoms with van der Waals surface area (Å²) in [5.74, 6) is -0.339. The molecular formula is C20H21N3O2S. The molecule has 2 aromatic rings. The number of thioether (sulfide) groups is 1. The number of benzene rings is 2. The number of hydrogen-bond donors (Lipinski definition) is 2. The van der Waals surface area contributed by atoms with Gasteiger partial charge in [-0.25, -0.2) is 0 Å². The zero-order valence-corrected chi connectivity index (χ0v) is 15.6. The molecule has 1 heterocycles. The van der Waals surface area contributed by atoms with Gasteiger partial charge in [0.15, 0.2) is 5.17 Å². The Bertz CT molecular complexity index is 849. The van der Waals surface area contributed by atoms with Gasteiger partial charge in [0.1, 0.15) is 5.25 Å². The molecule has 5 nitrogen and oxygen atoms in total. The van der Waals surface area contributed by atoms with E-state index in [1.165, 1.54) is 11.8 Å². The highest BCUT2D eigenvalue weighted by molar-refractivity contribution is 8.15. The Labute approximate surface area is 157 Å². The number of aryl methyl sites for hydroxylation is 2. The first-order valence-corrected chi connectivity index (χ1v) is 9.32. The highest BCUT2D eigenvalue weighted by Crippen LogP contribution is 2.24. The van der Waals surface area contributed by atoms with Crippen molar-refractivity contribution in [3.63, 3.8) is 0 Å². The van der Waals surface area contributed by atoms with Gasteiger partial charge in [-0.1, -0.05) is 54.2 Å². The quantitative estimate of drug-likeness (QED) is 0.851. The van der Waals surface area contributed by atoms with E-state index in [1.807, 2.05) is 62.4 Å². The van der Waals surface area contributed by atoms with Crippen molar-refractivity contribution in [3.05, 3.63) is 65.2 Å². The largest absolute Gasteiger partial charge is 0.326 e. The lowest BCUT2D eigenvalue weighted by molar-refractivity contribution is -0.122. The Morgan fingerprint density at radius 3 is 2.73 bits per heavy atom. The van der Waals surface area contributed by atoms with Crippen LogP contribution in [0.1, 0.15) is 23.1 Å². The fraction of sp³-hybridized carbons (Fsp3) is 0.250. The lowest BCUT2D eigenvalue weighted by Gasteiger charge is -2.10. The van der Waals surface area contributed by atoms with Crippen molar-refractivity contribution < 1.29 is 9.59 Å². The van der Waals surface area contributed by atoms with Crippen molar-refractivity contribution in [1.82, 2.24) is 5.32 Å². The molecule has 1 aliphatic heterocycles. The van der Waals surface area contributed by atoms with Crippen LogP contribution in [0.15, 0.2) is 53.5 Å². The molecule has 0 unspecified atom stereocenters. The van der Waals surface area contributed by atoms with Crippen molar-refractivity contribution in [3.8, 4) is 0 Å². The first-order valence-electron chi connectivity index (χ1n) is 8.44. The monoisotopic (exact) mass is 367 g/mol. The standard InChI is InChI=1S/C20H21N3O2S/c1-13-8-9-14(2)16(10-13)22-18(24)11-17-19(25)23-20(26-17)21-12-15-6-4-3-5-7-15/h3-10,17H,11-12H2,1-2H3,(H,22,24)(H,21,23,25)/t17-/m0/s1. The second-order valence-corrected chi connectivity index (χ2v) is 7.46. The third-order valence-corrected chi connectivity index (χ3v) is 5.18. The minimum Gasteiger partial charge on any atom is -0.326 e. The molecule has 2 N–H and O–H groups in total. The number of nitrogens with zero attached hydrogens (tertiary/aromatic N) is 1. The molecular weight excluding hydrogens is 346 g/mol. The van der Waals surface area contributed by atoms with Crippen LogP contribution in [0.25, 0.3) is 0 Å². The summed E-state index contributed by atoms with van der Waals surface area (Å²) in [6.07, 6.45) is 0.119. The summed E-state index contributed by atoms with van der Waals surface area (Å²) in [5, 5.41) is 5.78. The van der Waals surface area contributed by atoms with E-state index in [2.05, 4.69) is 15.6 Å². The number of hydrogen-bond acceptors (Lipinski definition) is 4. The van der Waals surface area contributed by atoms with Crippen LogP contribution < -0.4 is 10.6 Å². The lowest BCUT2D eigenvalue weighted by Crippen LogP contribution is -2.28. The molecule has 2 aromatic carbocycles. The minimum atomic E-state index is -0.449. The van der Waals surface area contributed by atoms with E-state index in [1.54, 1.807) is 0 Å². The van der Waals surface area contributed by atoms with Gasteiger partial charge < -0.3 is 10.6 Å². The Hall–Kier alpha value is -2.60. The number of anilines is 1. The summed E-state index contributed by atoms with van der Waals surface area (Å²) in [7, 11) is 0. The summed E-state index contributed by atoms with van der Waals surface area (Å²) in [4.78, 5) is 28.9.